The first-order chi connectivity index (χ1) is 12.3. The zero-order valence-corrected chi connectivity index (χ0v) is 14.6. The van der Waals surface area contributed by atoms with Crippen LogP contribution in [0.15, 0.2) is 48.5 Å². The van der Waals surface area contributed by atoms with Gasteiger partial charge < -0.3 is 9.64 Å². The van der Waals surface area contributed by atoms with E-state index in [2.05, 4.69) is 0 Å². The molecule has 7 heteroatoms. The van der Waals surface area contributed by atoms with Gasteiger partial charge in [0.1, 0.15) is 0 Å². The maximum absolute atomic E-state index is 12.9. The normalized spacial score (nSPS) is 18.0. The molecule has 1 fully saturated rings. The van der Waals surface area contributed by atoms with E-state index < -0.39 is 24.7 Å². The summed E-state index contributed by atoms with van der Waals surface area (Å²) in [4.78, 5) is 14.0. The molecule has 1 saturated heterocycles. The Morgan fingerprint density at radius 2 is 1.85 bits per heavy atom. The lowest BCUT2D eigenvalue weighted by molar-refractivity contribution is -0.233. The standard InChI is InChI=1S/C19H17ClF3NO2/c20-15-7-5-13(6-8-15)11-14-3-1-2-4-16(14)18(25)24-9-10-26-17(12-24)19(21,22)23/h1-8,17H,9-12H2/t17-/m0/s1. The average Bonchev–Trinajstić information content (AvgIpc) is 2.63. The number of amides is 1. The van der Waals surface area contributed by atoms with Crippen molar-refractivity contribution in [1.82, 2.24) is 4.90 Å². The van der Waals surface area contributed by atoms with Crippen LogP contribution in [0.25, 0.3) is 0 Å². The fourth-order valence-electron chi connectivity index (χ4n) is 2.91. The third-order valence-corrected chi connectivity index (χ3v) is 4.53. The number of nitrogens with zero attached hydrogens (tertiary/aromatic N) is 1. The average molecular weight is 384 g/mol. The summed E-state index contributed by atoms with van der Waals surface area (Å²) in [5, 5.41) is 0.615. The van der Waals surface area contributed by atoms with Gasteiger partial charge >= 0.3 is 6.18 Å². The molecule has 2 aromatic carbocycles. The van der Waals surface area contributed by atoms with Crippen molar-refractivity contribution < 1.29 is 22.7 Å². The van der Waals surface area contributed by atoms with E-state index in [1.54, 1.807) is 30.3 Å². The van der Waals surface area contributed by atoms with E-state index in [1.165, 1.54) is 4.90 Å². The molecule has 3 nitrogen and oxygen atoms in total. The van der Waals surface area contributed by atoms with Gasteiger partial charge in [-0.05, 0) is 35.7 Å². The monoisotopic (exact) mass is 383 g/mol. The highest BCUT2D eigenvalue weighted by molar-refractivity contribution is 6.30. The second-order valence-corrected chi connectivity index (χ2v) is 6.55. The molecule has 1 amide bonds. The molecule has 0 unspecified atom stereocenters. The quantitative estimate of drug-likeness (QED) is 0.789. The van der Waals surface area contributed by atoms with E-state index in [0.717, 1.165) is 11.1 Å². The highest BCUT2D eigenvalue weighted by Crippen LogP contribution is 2.27. The Kier molecular flexibility index (Phi) is 5.53. The summed E-state index contributed by atoms with van der Waals surface area (Å²) in [6, 6.07) is 14.2. The summed E-state index contributed by atoms with van der Waals surface area (Å²) in [6.45, 7) is -0.479. The minimum Gasteiger partial charge on any atom is -0.365 e. The molecule has 1 atom stereocenters. The van der Waals surface area contributed by atoms with Gasteiger partial charge in [0.15, 0.2) is 6.10 Å². The van der Waals surface area contributed by atoms with Gasteiger partial charge in [0.2, 0.25) is 0 Å². The Labute approximate surface area is 154 Å². The molecule has 3 rings (SSSR count). The summed E-state index contributed by atoms with van der Waals surface area (Å²) >= 11 is 5.88. The number of ether oxygens (including phenoxy) is 1. The van der Waals surface area contributed by atoms with Gasteiger partial charge in [-0.1, -0.05) is 41.9 Å². The fraction of sp³-hybridized carbons (Fsp3) is 0.316. The fourth-order valence-corrected chi connectivity index (χ4v) is 3.03. The number of rotatable bonds is 3. The number of benzene rings is 2. The Balaban J connectivity index is 1.80. The van der Waals surface area contributed by atoms with Gasteiger partial charge in [-0.3, -0.25) is 4.79 Å². The van der Waals surface area contributed by atoms with Crippen LogP contribution in [-0.4, -0.2) is 42.8 Å². The van der Waals surface area contributed by atoms with Crippen LogP contribution in [0.5, 0.6) is 0 Å². The van der Waals surface area contributed by atoms with Gasteiger partial charge in [0, 0.05) is 17.1 Å². The number of alkyl halides is 3. The molecule has 1 heterocycles. The molecule has 1 aliphatic heterocycles. The summed E-state index contributed by atoms with van der Waals surface area (Å²) in [6.07, 6.45) is -5.93. The third-order valence-electron chi connectivity index (χ3n) is 4.27. The molecular formula is C19H17ClF3NO2. The van der Waals surface area contributed by atoms with Crippen molar-refractivity contribution in [3.63, 3.8) is 0 Å². The number of carbonyl (C=O) groups is 1. The number of hydrogen-bond acceptors (Lipinski definition) is 2. The van der Waals surface area contributed by atoms with Crippen molar-refractivity contribution in [3.05, 3.63) is 70.2 Å². The predicted octanol–water partition coefficient (Wildman–Crippen LogP) is 4.33. The van der Waals surface area contributed by atoms with Gasteiger partial charge in [-0.15, -0.1) is 0 Å². The summed E-state index contributed by atoms with van der Waals surface area (Å²) in [5.41, 5.74) is 2.13. The Hall–Kier alpha value is -2.05. The van der Waals surface area contributed by atoms with Crippen LogP contribution < -0.4 is 0 Å². The first-order valence-corrected chi connectivity index (χ1v) is 8.52. The molecule has 0 bridgehead atoms. The van der Waals surface area contributed by atoms with E-state index in [0.29, 0.717) is 17.0 Å². The van der Waals surface area contributed by atoms with Crippen LogP contribution in [0.1, 0.15) is 21.5 Å². The zero-order valence-electron chi connectivity index (χ0n) is 13.8. The second-order valence-electron chi connectivity index (χ2n) is 6.11. The zero-order chi connectivity index (χ0) is 18.7. The van der Waals surface area contributed by atoms with E-state index >= 15 is 0 Å². The van der Waals surface area contributed by atoms with Crippen molar-refractivity contribution >= 4 is 17.5 Å². The molecule has 0 radical (unpaired) electrons. The molecule has 0 spiro atoms. The van der Waals surface area contributed by atoms with E-state index in [-0.39, 0.29) is 13.2 Å². The molecule has 0 N–H and O–H groups in total. The summed E-state index contributed by atoms with van der Waals surface area (Å²) in [7, 11) is 0. The highest BCUT2D eigenvalue weighted by atomic mass is 35.5. The Morgan fingerprint density at radius 1 is 1.15 bits per heavy atom. The predicted molar refractivity (Wildman–Crippen MR) is 92.4 cm³/mol. The summed E-state index contributed by atoms with van der Waals surface area (Å²) < 4.78 is 43.5. The number of carbonyl (C=O) groups excluding carboxylic acids is 1. The minimum atomic E-state index is -4.48. The smallest absolute Gasteiger partial charge is 0.365 e. The van der Waals surface area contributed by atoms with Gasteiger partial charge in [-0.25, -0.2) is 0 Å². The minimum absolute atomic E-state index is 0.130. The Bertz CT molecular complexity index is 777. The highest BCUT2D eigenvalue weighted by Gasteiger charge is 2.44. The summed E-state index contributed by atoms with van der Waals surface area (Å²) in [5.74, 6) is -0.410. The van der Waals surface area contributed by atoms with Crippen molar-refractivity contribution in [2.24, 2.45) is 0 Å². The lowest BCUT2D eigenvalue weighted by Gasteiger charge is -2.34. The maximum Gasteiger partial charge on any atom is 0.416 e. The first-order valence-electron chi connectivity index (χ1n) is 8.14. The van der Waals surface area contributed by atoms with Gasteiger partial charge in [0.25, 0.3) is 5.91 Å². The van der Waals surface area contributed by atoms with Gasteiger partial charge in [-0.2, -0.15) is 13.2 Å². The van der Waals surface area contributed by atoms with Crippen LogP contribution in [0.2, 0.25) is 5.02 Å². The van der Waals surface area contributed by atoms with Crippen LogP contribution in [0.3, 0.4) is 0 Å². The molecule has 26 heavy (non-hydrogen) atoms. The molecular weight excluding hydrogens is 367 g/mol. The second kappa shape index (κ2) is 7.68. The number of morpholine rings is 1. The maximum atomic E-state index is 12.9. The van der Waals surface area contributed by atoms with Crippen molar-refractivity contribution in [2.75, 3.05) is 19.7 Å². The van der Waals surface area contributed by atoms with Crippen LogP contribution in [0.4, 0.5) is 13.2 Å². The molecule has 0 aliphatic carbocycles. The number of halogens is 4. The van der Waals surface area contributed by atoms with E-state index in [9.17, 15) is 18.0 Å². The topological polar surface area (TPSA) is 29.5 Å². The third kappa shape index (κ3) is 4.37. The molecule has 2 aromatic rings. The van der Waals surface area contributed by atoms with E-state index in [4.69, 9.17) is 16.3 Å². The lowest BCUT2D eigenvalue weighted by atomic mass is 9.98. The lowest BCUT2D eigenvalue weighted by Crippen LogP contribution is -2.51. The van der Waals surface area contributed by atoms with Crippen LogP contribution in [-0.2, 0) is 11.2 Å². The van der Waals surface area contributed by atoms with Crippen molar-refractivity contribution in [1.29, 1.82) is 0 Å². The van der Waals surface area contributed by atoms with Crippen LogP contribution >= 0.6 is 11.6 Å². The molecule has 138 valence electrons. The van der Waals surface area contributed by atoms with Crippen LogP contribution in [0, 0.1) is 0 Å². The molecule has 0 saturated carbocycles. The number of hydrogen-bond donors (Lipinski definition) is 0. The Morgan fingerprint density at radius 3 is 2.54 bits per heavy atom. The molecule has 1 aliphatic rings. The van der Waals surface area contributed by atoms with Gasteiger partial charge in [0.05, 0.1) is 13.2 Å². The SMILES string of the molecule is O=C(c1ccccc1Cc1ccc(Cl)cc1)N1CCO[C@H](C(F)(F)F)C1. The van der Waals surface area contributed by atoms with E-state index in [1.807, 2.05) is 18.2 Å². The first kappa shape index (κ1) is 18.7. The van der Waals surface area contributed by atoms with Crippen molar-refractivity contribution in [3.8, 4) is 0 Å². The van der Waals surface area contributed by atoms with Crippen molar-refractivity contribution in [2.45, 2.75) is 18.7 Å². The molecule has 0 aromatic heterocycles. The largest absolute Gasteiger partial charge is 0.416 e.